The number of carbonyl (C=O) groups is 1. The molecule has 20 heavy (non-hydrogen) atoms. The molecule has 2 rings (SSSR count). The quantitative estimate of drug-likeness (QED) is 0.756. The van der Waals surface area contributed by atoms with Gasteiger partial charge in [0.1, 0.15) is 10.8 Å². The Labute approximate surface area is 125 Å². The first-order valence-electron chi connectivity index (χ1n) is 5.69. The Hall–Kier alpha value is -1.28. The number of aromatic nitrogens is 1. The molecule has 8 heteroatoms. The van der Waals surface area contributed by atoms with Crippen LogP contribution in [0.5, 0.6) is 5.75 Å². The van der Waals surface area contributed by atoms with Crippen LogP contribution in [0.15, 0.2) is 16.6 Å². The van der Waals surface area contributed by atoms with Crippen LogP contribution in [0.3, 0.4) is 0 Å². The third-order valence-corrected chi connectivity index (χ3v) is 3.94. The first kappa shape index (κ1) is 15.1. The molecule has 0 atom stereocenters. The lowest BCUT2D eigenvalue weighted by Crippen LogP contribution is -2.06. The van der Waals surface area contributed by atoms with Crippen molar-refractivity contribution in [3.05, 3.63) is 21.6 Å². The maximum absolute atomic E-state index is 12.2. The summed E-state index contributed by atoms with van der Waals surface area (Å²) in [6.07, 6.45) is 0.0653. The molecule has 1 heterocycles. The lowest BCUT2D eigenvalue weighted by atomic mass is 10.3. The molecule has 4 nitrogen and oxygen atoms in total. The molecule has 1 aromatic heterocycles. The van der Waals surface area contributed by atoms with E-state index in [1.54, 1.807) is 13.0 Å². The Kier molecular flexibility index (Phi) is 4.87. The predicted molar refractivity (Wildman–Crippen MR) is 74.3 cm³/mol. The number of carbonyl (C=O) groups excluding carboxylic acids is 1. The highest BCUT2D eigenvalue weighted by Gasteiger charge is 2.14. The number of hydrogen-bond donors (Lipinski definition) is 0. The minimum atomic E-state index is -2.90. The van der Waals surface area contributed by atoms with Gasteiger partial charge in [-0.2, -0.15) is 8.78 Å². The molecule has 0 aliphatic heterocycles. The van der Waals surface area contributed by atoms with Crippen molar-refractivity contribution in [1.82, 2.24) is 4.98 Å². The highest BCUT2D eigenvalue weighted by atomic mass is 79.9. The molecular weight excluding hydrogens is 356 g/mol. The smallest absolute Gasteiger partial charge is 0.387 e. The number of nitrogens with zero attached hydrogens (tertiary/aromatic N) is 1. The number of hydrogen-bond acceptors (Lipinski definition) is 5. The molecule has 0 saturated heterocycles. The molecule has 108 valence electrons. The molecule has 0 saturated carbocycles. The zero-order valence-corrected chi connectivity index (χ0v) is 12.8. The molecule has 0 fully saturated rings. The third kappa shape index (κ3) is 3.63. The van der Waals surface area contributed by atoms with Gasteiger partial charge in [0, 0.05) is 6.07 Å². The van der Waals surface area contributed by atoms with E-state index in [1.165, 1.54) is 17.4 Å². The van der Waals surface area contributed by atoms with E-state index in [4.69, 9.17) is 4.74 Å². The normalized spacial score (nSPS) is 11.1. The van der Waals surface area contributed by atoms with Gasteiger partial charge in [-0.1, -0.05) is 0 Å². The number of halogens is 3. The summed E-state index contributed by atoms with van der Waals surface area (Å²) in [7, 11) is 0. The summed E-state index contributed by atoms with van der Waals surface area (Å²) in [5.41, 5.74) is 0.508. The van der Waals surface area contributed by atoms with E-state index < -0.39 is 6.61 Å². The fraction of sp³-hybridized carbons (Fsp3) is 0.333. The molecule has 0 spiro atoms. The second-order valence-electron chi connectivity index (χ2n) is 3.72. The number of rotatable bonds is 5. The van der Waals surface area contributed by atoms with Gasteiger partial charge < -0.3 is 9.47 Å². The summed E-state index contributed by atoms with van der Waals surface area (Å²) in [5.74, 6) is -0.352. The average molecular weight is 366 g/mol. The lowest BCUT2D eigenvalue weighted by molar-refractivity contribution is -0.142. The molecule has 0 unspecified atom stereocenters. The summed E-state index contributed by atoms with van der Waals surface area (Å²) in [6, 6.07) is 3.05. The monoisotopic (exact) mass is 365 g/mol. The van der Waals surface area contributed by atoms with E-state index in [1.807, 2.05) is 0 Å². The number of esters is 1. The Morgan fingerprint density at radius 3 is 2.90 bits per heavy atom. The number of benzene rings is 1. The van der Waals surface area contributed by atoms with Crippen molar-refractivity contribution in [1.29, 1.82) is 0 Å². The molecule has 0 aliphatic rings. The summed E-state index contributed by atoms with van der Waals surface area (Å²) in [5, 5.41) is 0.569. The van der Waals surface area contributed by atoms with Crippen molar-refractivity contribution in [2.45, 2.75) is 20.0 Å². The molecule has 0 bridgehead atoms. The Bertz CT molecular complexity index is 632. The van der Waals surface area contributed by atoms with Gasteiger partial charge in [-0.25, -0.2) is 4.98 Å². The second-order valence-corrected chi connectivity index (χ2v) is 5.69. The molecule has 0 N–H and O–H groups in total. The van der Waals surface area contributed by atoms with Crippen molar-refractivity contribution in [2.24, 2.45) is 0 Å². The molecule has 0 amide bonds. The van der Waals surface area contributed by atoms with Gasteiger partial charge in [0.25, 0.3) is 0 Å². The SMILES string of the molecule is CCOC(=O)Cc1nc2cc(OC(F)F)c(Br)cc2s1. The predicted octanol–water partition coefficient (Wildman–Crippen LogP) is 3.77. The van der Waals surface area contributed by atoms with Gasteiger partial charge in [-0.05, 0) is 28.9 Å². The van der Waals surface area contributed by atoms with E-state index in [9.17, 15) is 13.6 Å². The van der Waals surface area contributed by atoms with E-state index in [-0.39, 0.29) is 18.1 Å². The fourth-order valence-corrected chi connectivity index (χ4v) is 3.14. The molecule has 1 aromatic carbocycles. The Morgan fingerprint density at radius 1 is 1.50 bits per heavy atom. The van der Waals surface area contributed by atoms with E-state index in [2.05, 4.69) is 25.7 Å². The lowest BCUT2D eigenvalue weighted by Gasteiger charge is -2.05. The summed E-state index contributed by atoms with van der Waals surface area (Å²) < 4.78 is 34.9. The van der Waals surface area contributed by atoms with Gasteiger partial charge in [0.2, 0.25) is 0 Å². The zero-order chi connectivity index (χ0) is 14.7. The topological polar surface area (TPSA) is 48.4 Å². The summed E-state index contributed by atoms with van der Waals surface area (Å²) in [4.78, 5) is 15.6. The van der Waals surface area contributed by atoms with Crippen LogP contribution in [0.25, 0.3) is 10.2 Å². The van der Waals surface area contributed by atoms with Gasteiger partial charge in [0.05, 0.1) is 27.7 Å². The van der Waals surface area contributed by atoms with E-state index >= 15 is 0 Å². The largest absolute Gasteiger partial charge is 0.466 e. The second kappa shape index (κ2) is 6.45. The van der Waals surface area contributed by atoms with Crippen molar-refractivity contribution >= 4 is 43.5 Å². The van der Waals surface area contributed by atoms with Gasteiger partial charge >= 0.3 is 12.6 Å². The number of fused-ring (bicyclic) bond motifs is 1. The van der Waals surface area contributed by atoms with Crippen molar-refractivity contribution in [3.8, 4) is 5.75 Å². The molecular formula is C12H10BrF2NO3S. The van der Waals surface area contributed by atoms with Crippen LogP contribution in [-0.4, -0.2) is 24.2 Å². The zero-order valence-electron chi connectivity index (χ0n) is 10.4. The molecule has 0 aliphatic carbocycles. The van der Waals surface area contributed by atoms with Crippen molar-refractivity contribution < 1.29 is 23.0 Å². The van der Waals surface area contributed by atoms with Crippen LogP contribution in [0.2, 0.25) is 0 Å². The van der Waals surface area contributed by atoms with Crippen LogP contribution < -0.4 is 4.74 Å². The number of thiazole rings is 1. The minimum absolute atomic E-state index is 0.0143. The van der Waals surface area contributed by atoms with Crippen molar-refractivity contribution in [2.75, 3.05) is 6.61 Å². The van der Waals surface area contributed by atoms with Crippen LogP contribution in [0.4, 0.5) is 8.78 Å². The van der Waals surface area contributed by atoms with Gasteiger partial charge in [-0.15, -0.1) is 11.3 Å². The molecule has 0 radical (unpaired) electrons. The number of ether oxygens (including phenoxy) is 2. The van der Waals surface area contributed by atoms with Gasteiger partial charge in [0.15, 0.2) is 0 Å². The van der Waals surface area contributed by atoms with Crippen molar-refractivity contribution in [3.63, 3.8) is 0 Å². The Morgan fingerprint density at radius 2 is 2.25 bits per heavy atom. The summed E-state index contributed by atoms with van der Waals surface area (Å²) >= 11 is 4.47. The van der Waals surface area contributed by atoms with Crippen LogP contribution >= 0.6 is 27.3 Å². The standard InChI is InChI=1S/C12H10BrF2NO3S/c1-2-18-11(17)5-10-16-7-4-8(19-12(14)15)6(13)3-9(7)20-10/h3-4,12H,2,5H2,1H3. The third-order valence-electron chi connectivity index (χ3n) is 2.30. The fourth-order valence-electron chi connectivity index (χ4n) is 1.58. The maximum Gasteiger partial charge on any atom is 0.387 e. The van der Waals surface area contributed by atoms with E-state index in [0.717, 1.165) is 4.70 Å². The first-order chi connectivity index (χ1) is 9.49. The molecule has 2 aromatic rings. The van der Waals surface area contributed by atoms with Crippen LogP contribution in [0, 0.1) is 0 Å². The van der Waals surface area contributed by atoms with Crippen LogP contribution in [-0.2, 0) is 16.0 Å². The maximum atomic E-state index is 12.2. The van der Waals surface area contributed by atoms with E-state index in [0.29, 0.717) is 21.6 Å². The van der Waals surface area contributed by atoms with Crippen LogP contribution in [0.1, 0.15) is 11.9 Å². The first-order valence-corrected chi connectivity index (χ1v) is 7.30. The Balaban J connectivity index is 2.27. The average Bonchev–Trinajstić information content (AvgIpc) is 2.70. The minimum Gasteiger partial charge on any atom is -0.466 e. The highest BCUT2D eigenvalue weighted by molar-refractivity contribution is 9.10. The van der Waals surface area contributed by atoms with Gasteiger partial charge in [-0.3, -0.25) is 4.79 Å². The number of alkyl halides is 2. The summed E-state index contributed by atoms with van der Waals surface area (Å²) in [6.45, 7) is -0.871. The highest BCUT2D eigenvalue weighted by Crippen LogP contribution is 2.34.